The van der Waals surface area contributed by atoms with Crippen LogP contribution in [0.3, 0.4) is 0 Å². The van der Waals surface area contributed by atoms with Gasteiger partial charge in [0.15, 0.2) is 17.1 Å². The minimum absolute atomic E-state index is 0.0684. The normalized spacial score (nSPS) is 15.2. The van der Waals surface area contributed by atoms with E-state index in [0.717, 1.165) is 0 Å². The summed E-state index contributed by atoms with van der Waals surface area (Å²) in [6.45, 7) is 4.32. The molecule has 1 aliphatic heterocycles. The quantitative estimate of drug-likeness (QED) is 0.655. The molecule has 0 bridgehead atoms. The van der Waals surface area contributed by atoms with Gasteiger partial charge in [0.25, 0.3) is 11.5 Å². The smallest absolute Gasteiger partial charge is 0.395 e. The van der Waals surface area contributed by atoms with Gasteiger partial charge in [0.05, 0.1) is 16.5 Å². The van der Waals surface area contributed by atoms with Gasteiger partial charge in [-0.3, -0.25) is 14.0 Å². The highest BCUT2D eigenvalue weighted by Crippen LogP contribution is 2.42. The van der Waals surface area contributed by atoms with E-state index >= 15 is 0 Å². The standard InChI is InChI=1S/C20H20F2N4O4/c1-19(2,25(3)4)10-23-17(27)11-6-5-7-26-16(11)24-13-9-15-14(8-12(13)18(26)28)29-20(21,22)30-15/h5-9H,10H2,1-4H3,(H,23,27). The number of amides is 1. The van der Waals surface area contributed by atoms with Gasteiger partial charge >= 0.3 is 6.29 Å². The van der Waals surface area contributed by atoms with Gasteiger partial charge in [-0.1, -0.05) is 0 Å². The molecule has 0 saturated carbocycles. The molecule has 10 heteroatoms. The Morgan fingerprint density at radius 2 is 1.93 bits per heavy atom. The van der Waals surface area contributed by atoms with Gasteiger partial charge in [-0.2, -0.15) is 0 Å². The van der Waals surface area contributed by atoms with E-state index in [1.807, 2.05) is 32.8 Å². The summed E-state index contributed by atoms with van der Waals surface area (Å²) in [5.41, 5.74) is -0.385. The van der Waals surface area contributed by atoms with Crippen molar-refractivity contribution in [2.45, 2.75) is 25.7 Å². The Bertz CT molecular complexity index is 1240. The minimum Gasteiger partial charge on any atom is -0.395 e. The summed E-state index contributed by atoms with van der Waals surface area (Å²) >= 11 is 0. The molecule has 3 aromatic rings. The number of alkyl halides is 2. The lowest BCUT2D eigenvalue weighted by atomic mass is 10.0. The SMILES string of the molecule is CN(C)C(C)(C)CNC(=O)c1cccn2c(=O)c3cc4c(cc3nc12)OC(F)(F)O4. The van der Waals surface area contributed by atoms with Gasteiger partial charge in [-0.25, -0.2) is 4.98 Å². The predicted molar refractivity (Wildman–Crippen MR) is 105 cm³/mol. The minimum atomic E-state index is -3.81. The van der Waals surface area contributed by atoms with Crippen LogP contribution in [-0.4, -0.2) is 52.7 Å². The van der Waals surface area contributed by atoms with Gasteiger partial charge in [0.1, 0.15) is 0 Å². The Morgan fingerprint density at radius 1 is 1.27 bits per heavy atom. The average Bonchev–Trinajstić information content (AvgIpc) is 2.97. The van der Waals surface area contributed by atoms with Crippen LogP contribution in [0.1, 0.15) is 24.2 Å². The third kappa shape index (κ3) is 3.32. The molecule has 0 atom stereocenters. The summed E-state index contributed by atoms with van der Waals surface area (Å²) in [5.74, 6) is -0.869. The molecule has 1 amide bonds. The van der Waals surface area contributed by atoms with Crippen LogP contribution in [0.2, 0.25) is 0 Å². The van der Waals surface area contributed by atoms with Crippen LogP contribution in [-0.2, 0) is 0 Å². The molecule has 30 heavy (non-hydrogen) atoms. The third-order valence-electron chi connectivity index (χ3n) is 5.30. The number of nitrogens with one attached hydrogen (secondary N) is 1. The lowest BCUT2D eigenvalue weighted by Gasteiger charge is -2.32. The molecule has 1 aromatic carbocycles. The van der Waals surface area contributed by atoms with Gasteiger partial charge in [0.2, 0.25) is 0 Å². The molecule has 0 saturated heterocycles. The van der Waals surface area contributed by atoms with Crippen LogP contribution in [0.5, 0.6) is 11.5 Å². The number of aromatic nitrogens is 2. The molecule has 3 heterocycles. The zero-order valence-corrected chi connectivity index (χ0v) is 16.8. The summed E-state index contributed by atoms with van der Waals surface area (Å²) in [6, 6.07) is 5.47. The first-order valence-corrected chi connectivity index (χ1v) is 9.19. The maximum atomic E-state index is 13.4. The molecule has 0 aliphatic carbocycles. The fraction of sp³-hybridized carbons (Fsp3) is 0.350. The zero-order valence-electron chi connectivity index (χ0n) is 16.8. The van der Waals surface area contributed by atoms with Crippen LogP contribution in [0.4, 0.5) is 8.78 Å². The number of hydrogen-bond acceptors (Lipinski definition) is 6. The topological polar surface area (TPSA) is 85.2 Å². The number of benzene rings is 1. The summed E-state index contributed by atoms with van der Waals surface area (Å²) in [5, 5.41) is 2.92. The lowest BCUT2D eigenvalue weighted by Crippen LogP contribution is -2.48. The molecule has 0 fully saturated rings. The summed E-state index contributed by atoms with van der Waals surface area (Å²) < 4.78 is 36.8. The fourth-order valence-corrected chi connectivity index (χ4v) is 3.00. The number of carbonyl (C=O) groups excluding carboxylic acids is 1. The van der Waals surface area contributed by atoms with E-state index in [0.29, 0.717) is 6.54 Å². The maximum Gasteiger partial charge on any atom is 0.586 e. The molecule has 0 spiro atoms. The number of fused-ring (bicyclic) bond motifs is 3. The van der Waals surface area contributed by atoms with Crippen molar-refractivity contribution in [2.75, 3.05) is 20.6 Å². The van der Waals surface area contributed by atoms with Crippen molar-refractivity contribution < 1.29 is 23.0 Å². The highest BCUT2D eigenvalue weighted by atomic mass is 19.3. The first kappa shape index (κ1) is 20.0. The van der Waals surface area contributed by atoms with Gasteiger partial charge in [0, 0.05) is 24.3 Å². The summed E-state index contributed by atoms with van der Waals surface area (Å²) in [7, 11) is 3.82. The number of halogens is 2. The Labute approximate surface area is 170 Å². The van der Waals surface area contributed by atoms with Crippen LogP contribution in [0, 0.1) is 0 Å². The third-order valence-corrected chi connectivity index (χ3v) is 5.30. The highest BCUT2D eigenvalue weighted by Gasteiger charge is 2.43. The Kier molecular flexibility index (Phi) is 4.42. The fourth-order valence-electron chi connectivity index (χ4n) is 3.00. The monoisotopic (exact) mass is 418 g/mol. The number of carbonyl (C=O) groups is 1. The summed E-state index contributed by atoms with van der Waals surface area (Å²) in [4.78, 5) is 32.1. The van der Waals surface area contributed by atoms with E-state index < -0.39 is 17.8 Å². The van der Waals surface area contributed by atoms with Gasteiger partial charge in [-0.15, -0.1) is 8.78 Å². The number of ether oxygens (including phenoxy) is 2. The molecule has 8 nitrogen and oxygen atoms in total. The van der Waals surface area contributed by atoms with Crippen molar-refractivity contribution in [1.82, 2.24) is 19.6 Å². The average molecular weight is 418 g/mol. The van der Waals surface area contributed by atoms with Crippen molar-refractivity contribution >= 4 is 22.5 Å². The number of nitrogens with zero attached hydrogens (tertiary/aromatic N) is 3. The molecule has 1 aliphatic rings. The first-order chi connectivity index (χ1) is 14.0. The lowest BCUT2D eigenvalue weighted by molar-refractivity contribution is -0.286. The number of hydrogen-bond donors (Lipinski definition) is 1. The second-order valence-electron chi connectivity index (χ2n) is 7.91. The van der Waals surface area contributed by atoms with E-state index in [1.165, 1.54) is 22.7 Å². The largest absolute Gasteiger partial charge is 0.586 e. The van der Waals surface area contributed by atoms with Crippen LogP contribution < -0.4 is 20.3 Å². The van der Waals surface area contributed by atoms with Crippen molar-refractivity contribution in [3.8, 4) is 11.5 Å². The number of rotatable bonds is 4. The predicted octanol–water partition coefficient (Wildman–Crippen LogP) is 2.24. The summed E-state index contributed by atoms with van der Waals surface area (Å²) in [6.07, 6.45) is -2.34. The molecule has 0 unspecified atom stereocenters. The Hall–Kier alpha value is -3.27. The molecule has 2 aromatic heterocycles. The molecule has 0 radical (unpaired) electrons. The number of pyridine rings is 1. The van der Waals surface area contributed by atoms with E-state index in [1.54, 1.807) is 12.1 Å². The number of likely N-dealkylation sites (N-methyl/N-ethyl adjacent to an activating group) is 1. The molecule has 1 N–H and O–H groups in total. The van der Waals surface area contributed by atoms with Gasteiger partial charge in [-0.05, 0) is 46.1 Å². The van der Waals surface area contributed by atoms with E-state index in [-0.39, 0.29) is 39.2 Å². The van der Waals surface area contributed by atoms with Gasteiger partial charge < -0.3 is 19.7 Å². The van der Waals surface area contributed by atoms with E-state index in [9.17, 15) is 18.4 Å². The molecular weight excluding hydrogens is 398 g/mol. The van der Waals surface area contributed by atoms with Crippen molar-refractivity contribution in [1.29, 1.82) is 0 Å². The zero-order chi connectivity index (χ0) is 21.8. The van der Waals surface area contributed by atoms with Crippen LogP contribution in [0.25, 0.3) is 16.6 Å². The van der Waals surface area contributed by atoms with Crippen LogP contribution >= 0.6 is 0 Å². The second-order valence-corrected chi connectivity index (χ2v) is 7.91. The Balaban J connectivity index is 1.80. The van der Waals surface area contributed by atoms with Crippen molar-refractivity contribution in [3.63, 3.8) is 0 Å². The maximum absolute atomic E-state index is 13.4. The molecule has 4 rings (SSSR count). The second kappa shape index (κ2) is 6.63. The molecule has 158 valence electrons. The first-order valence-electron chi connectivity index (χ1n) is 9.19. The van der Waals surface area contributed by atoms with E-state index in [2.05, 4.69) is 19.8 Å². The van der Waals surface area contributed by atoms with E-state index in [4.69, 9.17) is 0 Å². The molecular formula is C20H20F2N4O4. The van der Waals surface area contributed by atoms with Crippen molar-refractivity contribution in [2.24, 2.45) is 0 Å². The van der Waals surface area contributed by atoms with Crippen molar-refractivity contribution in [3.05, 3.63) is 46.4 Å². The highest BCUT2D eigenvalue weighted by molar-refractivity contribution is 6.00. The Morgan fingerprint density at radius 3 is 2.60 bits per heavy atom. The van der Waals surface area contributed by atoms with Crippen LogP contribution in [0.15, 0.2) is 35.3 Å².